The number of ether oxygens (including phenoxy) is 1. The number of aromatic nitrogens is 2. The monoisotopic (exact) mass is 260 g/mol. The van der Waals surface area contributed by atoms with E-state index in [-0.39, 0.29) is 53.9 Å². The van der Waals surface area contributed by atoms with Crippen LogP contribution in [0.3, 0.4) is 0 Å². The molecule has 2 rings (SSSR count). The molecule has 0 aliphatic carbocycles. The van der Waals surface area contributed by atoms with E-state index in [1.54, 1.807) is 0 Å². The smallest absolute Gasteiger partial charge is 0.549 e. The molecule has 1 aromatic rings. The van der Waals surface area contributed by atoms with Gasteiger partial charge in [-0.2, -0.15) is 5.10 Å². The first kappa shape index (κ1) is 14.9. The summed E-state index contributed by atoms with van der Waals surface area (Å²) < 4.78 is 5.78. The Morgan fingerprint density at radius 3 is 2.78 bits per heavy atom. The molecule has 18 heavy (non-hydrogen) atoms. The summed E-state index contributed by atoms with van der Waals surface area (Å²) in [5.41, 5.74) is 0.0979. The molecule has 0 N–H and O–H groups in total. The molecule has 0 spiro atoms. The van der Waals surface area contributed by atoms with Gasteiger partial charge in [-0.3, -0.25) is 9.48 Å². The van der Waals surface area contributed by atoms with Gasteiger partial charge in [0.15, 0.2) is 11.5 Å². The molecule has 7 nitrogen and oxygen atoms in total. The molecule has 0 amide bonds. The number of hydrogen-bond acceptors (Lipinski definition) is 6. The number of carbonyl (C=O) groups is 3. The van der Waals surface area contributed by atoms with Crippen LogP contribution in [0, 0.1) is 5.92 Å². The molecule has 1 atom stereocenters. The van der Waals surface area contributed by atoms with Crippen LogP contribution < -0.4 is 34.7 Å². The van der Waals surface area contributed by atoms with Crippen LogP contribution in [-0.2, 0) is 16.1 Å². The van der Waals surface area contributed by atoms with Gasteiger partial charge < -0.3 is 14.6 Å². The van der Waals surface area contributed by atoms with Crippen LogP contribution in [0.15, 0.2) is 6.07 Å². The third kappa shape index (κ3) is 2.47. The Morgan fingerprint density at radius 1 is 1.56 bits per heavy atom. The quantitative estimate of drug-likeness (QED) is 0.302. The Hall–Kier alpha value is -1.18. The molecule has 1 unspecified atom stereocenters. The number of aryl methyl sites for hydroxylation is 1. The summed E-state index contributed by atoms with van der Waals surface area (Å²) in [7, 11) is 1.20. The number of ketones is 1. The van der Waals surface area contributed by atoms with Gasteiger partial charge in [-0.15, -0.1) is 0 Å². The maximum atomic E-state index is 11.7. The normalized spacial score (nSPS) is 17.6. The van der Waals surface area contributed by atoms with E-state index in [9.17, 15) is 19.5 Å². The van der Waals surface area contributed by atoms with Crippen LogP contribution in [-0.4, -0.2) is 34.6 Å². The molecular weight excluding hydrogens is 251 g/mol. The molecule has 1 aliphatic rings. The minimum Gasteiger partial charge on any atom is -0.549 e. The van der Waals surface area contributed by atoms with E-state index in [0.717, 1.165) is 0 Å². The minimum atomic E-state index is -1.40. The van der Waals surface area contributed by atoms with Crippen LogP contribution in [0.5, 0.6) is 0 Å². The van der Waals surface area contributed by atoms with Gasteiger partial charge in [-0.25, -0.2) is 4.79 Å². The van der Waals surface area contributed by atoms with Crippen LogP contribution in [0.25, 0.3) is 0 Å². The summed E-state index contributed by atoms with van der Waals surface area (Å²) >= 11 is 0. The Balaban J connectivity index is 0.00000162. The first-order valence-electron chi connectivity index (χ1n) is 4.96. The molecule has 0 radical (unpaired) electrons. The van der Waals surface area contributed by atoms with Gasteiger partial charge in [0, 0.05) is 12.6 Å². The second kappa shape index (κ2) is 5.64. The zero-order valence-electron chi connectivity index (χ0n) is 10.0. The van der Waals surface area contributed by atoms with E-state index in [1.807, 2.05) is 0 Å². The number of nitrogens with zero attached hydrogens (tertiary/aromatic N) is 2. The van der Waals surface area contributed by atoms with E-state index in [4.69, 9.17) is 0 Å². The molecule has 0 saturated heterocycles. The van der Waals surface area contributed by atoms with Crippen molar-refractivity contribution in [1.29, 1.82) is 0 Å². The van der Waals surface area contributed by atoms with Gasteiger partial charge in [0.2, 0.25) is 0 Å². The Bertz CT molecular complexity index is 510. The first-order valence-corrected chi connectivity index (χ1v) is 4.96. The number of hydrogen-bond donors (Lipinski definition) is 0. The maximum absolute atomic E-state index is 11.7. The van der Waals surface area contributed by atoms with Gasteiger partial charge in [0.05, 0.1) is 19.0 Å². The second-order valence-electron chi connectivity index (χ2n) is 3.65. The van der Waals surface area contributed by atoms with Gasteiger partial charge in [-0.1, -0.05) is 0 Å². The molecule has 0 bridgehead atoms. The van der Waals surface area contributed by atoms with Crippen molar-refractivity contribution in [3.05, 3.63) is 17.5 Å². The number of carboxylic acids is 1. The van der Waals surface area contributed by atoms with E-state index in [1.165, 1.54) is 17.9 Å². The topological polar surface area (TPSA) is 101 Å². The molecule has 0 fully saturated rings. The minimum absolute atomic E-state index is 0. The first-order chi connectivity index (χ1) is 8.04. The van der Waals surface area contributed by atoms with Crippen molar-refractivity contribution in [3.8, 4) is 0 Å². The fraction of sp³-hybridized carbons (Fsp3) is 0.400. The number of fused-ring (bicyclic) bond motifs is 1. The largest absolute Gasteiger partial charge is 1.00 e. The predicted molar refractivity (Wildman–Crippen MR) is 51.0 cm³/mol. The van der Waals surface area contributed by atoms with Crippen molar-refractivity contribution < 1.29 is 53.8 Å². The third-order valence-electron chi connectivity index (χ3n) is 2.66. The van der Waals surface area contributed by atoms with E-state index < -0.39 is 23.6 Å². The molecule has 1 aliphatic heterocycles. The van der Waals surface area contributed by atoms with Crippen LogP contribution in [0.2, 0.25) is 0 Å². The fourth-order valence-corrected chi connectivity index (χ4v) is 1.78. The maximum Gasteiger partial charge on any atom is 1.00 e. The molecule has 0 saturated carbocycles. The number of aliphatic carboxylic acids is 1. The van der Waals surface area contributed by atoms with Gasteiger partial charge in [0.25, 0.3) is 0 Å². The van der Waals surface area contributed by atoms with Gasteiger partial charge in [0.1, 0.15) is 5.69 Å². The number of Topliss-reactive ketones (excluding diaryl/α,β-unsaturated/α-hetero) is 1. The zero-order valence-corrected chi connectivity index (χ0v) is 12.0. The summed E-state index contributed by atoms with van der Waals surface area (Å²) in [5.74, 6) is -3.81. The SMILES string of the molecule is COC(=O)c1cc2n(n1)CCC(C(=O)[O-])C2=O.[Na+]. The molecule has 0 aromatic carbocycles. The summed E-state index contributed by atoms with van der Waals surface area (Å²) in [4.78, 5) is 33.7. The average molecular weight is 260 g/mol. The fourth-order valence-electron chi connectivity index (χ4n) is 1.78. The van der Waals surface area contributed by atoms with Crippen molar-refractivity contribution in [2.45, 2.75) is 13.0 Å². The number of esters is 1. The Labute approximate surface area is 124 Å². The van der Waals surface area contributed by atoms with Crippen LogP contribution in [0.4, 0.5) is 0 Å². The van der Waals surface area contributed by atoms with E-state index in [0.29, 0.717) is 0 Å². The van der Waals surface area contributed by atoms with Crippen LogP contribution >= 0.6 is 0 Å². The number of rotatable bonds is 2. The zero-order chi connectivity index (χ0) is 12.6. The number of carbonyl (C=O) groups excluding carboxylic acids is 3. The Kier molecular flexibility index (Phi) is 4.66. The average Bonchev–Trinajstić information content (AvgIpc) is 2.72. The van der Waals surface area contributed by atoms with Crippen molar-refractivity contribution in [1.82, 2.24) is 9.78 Å². The summed E-state index contributed by atoms with van der Waals surface area (Å²) in [6, 6.07) is 1.24. The van der Waals surface area contributed by atoms with Crippen molar-refractivity contribution >= 4 is 17.7 Å². The predicted octanol–water partition coefficient (Wildman–Crippen LogP) is -4.37. The standard InChI is InChI=1S/C10H10N2O5.Na/c1-17-10(16)6-4-7-8(13)5(9(14)15)2-3-12(7)11-6;/h4-5H,2-3H2,1H3,(H,14,15);/q;+1/p-1. The second-order valence-corrected chi connectivity index (χ2v) is 3.65. The summed E-state index contributed by atoms with van der Waals surface area (Å²) in [5, 5.41) is 14.6. The number of methoxy groups -OCH3 is 1. The van der Waals surface area contributed by atoms with Gasteiger partial charge >= 0.3 is 35.5 Å². The van der Waals surface area contributed by atoms with Crippen molar-refractivity contribution in [2.75, 3.05) is 7.11 Å². The molecule has 2 heterocycles. The van der Waals surface area contributed by atoms with E-state index >= 15 is 0 Å². The van der Waals surface area contributed by atoms with Crippen LogP contribution in [0.1, 0.15) is 27.4 Å². The molecule has 1 aromatic heterocycles. The number of carboxylic acid groups (broad SMARTS) is 1. The van der Waals surface area contributed by atoms with Crippen molar-refractivity contribution in [3.63, 3.8) is 0 Å². The molecular formula is C10H9N2NaO5. The third-order valence-corrected chi connectivity index (χ3v) is 2.66. The summed E-state index contributed by atoms with van der Waals surface area (Å²) in [6.45, 7) is 0.261. The summed E-state index contributed by atoms with van der Waals surface area (Å²) in [6.07, 6.45) is 0.121. The molecule has 90 valence electrons. The van der Waals surface area contributed by atoms with Gasteiger partial charge in [-0.05, 0) is 6.42 Å². The Morgan fingerprint density at radius 2 is 2.22 bits per heavy atom. The van der Waals surface area contributed by atoms with Crippen molar-refractivity contribution in [2.24, 2.45) is 5.92 Å². The van der Waals surface area contributed by atoms with E-state index in [2.05, 4.69) is 9.84 Å². The molecule has 8 heteroatoms.